The van der Waals surface area contributed by atoms with Crippen molar-refractivity contribution in [3.8, 4) is 0 Å². The maximum absolute atomic E-state index is 12.6. The third kappa shape index (κ3) is 2.29. The second kappa shape index (κ2) is 5.51. The predicted octanol–water partition coefficient (Wildman–Crippen LogP) is -0.0746. The Kier molecular flexibility index (Phi) is 3.84. The number of aliphatic hydroxyl groups excluding tert-OH is 1. The van der Waals surface area contributed by atoms with E-state index in [1.165, 1.54) is 14.0 Å². The lowest BCUT2D eigenvalue weighted by molar-refractivity contribution is -0.349. The third-order valence-corrected chi connectivity index (χ3v) is 6.19. The average Bonchev–Trinajstić information content (AvgIpc) is 3.02. The van der Waals surface area contributed by atoms with Crippen LogP contribution in [0.1, 0.15) is 40.0 Å². The van der Waals surface area contributed by atoms with Crippen LogP contribution in [0.25, 0.3) is 0 Å². The number of methoxy groups -OCH3 is 1. The van der Waals surface area contributed by atoms with Crippen molar-refractivity contribution in [2.75, 3.05) is 13.7 Å². The van der Waals surface area contributed by atoms with E-state index in [2.05, 4.69) is 0 Å². The van der Waals surface area contributed by atoms with E-state index in [4.69, 9.17) is 23.7 Å². The molecule has 0 aromatic rings. The molecular formula is C18H24O9. The molecular weight excluding hydrogens is 360 g/mol. The normalized spacial score (nSPS) is 48.1. The predicted molar refractivity (Wildman–Crippen MR) is 87.1 cm³/mol. The van der Waals surface area contributed by atoms with Crippen molar-refractivity contribution in [3.63, 3.8) is 0 Å². The Hall–Kier alpha value is -1.52. The summed E-state index contributed by atoms with van der Waals surface area (Å²) in [5, 5.41) is 22.4. The van der Waals surface area contributed by atoms with Crippen molar-refractivity contribution in [2.45, 2.75) is 75.0 Å². The van der Waals surface area contributed by atoms with Gasteiger partial charge in [-0.2, -0.15) is 0 Å². The number of esters is 2. The summed E-state index contributed by atoms with van der Waals surface area (Å²) in [6.07, 6.45) is -1.78. The molecule has 4 rings (SSSR count). The van der Waals surface area contributed by atoms with Crippen LogP contribution in [-0.2, 0) is 33.3 Å². The van der Waals surface area contributed by atoms with Gasteiger partial charge < -0.3 is 33.9 Å². The van der Waals surface area contributed by atoms with Crippen LogP contribution in [-0.4, -0.2) is 70.9 Å². The maximum Gasteiger partial charge on any atom is 0.339 e. The van der Waals surface area contributed by atoms with Crippen molar-refractivity contribution < 1.29 is 43.5 Å². The summed E-state index contributed by atoms with van der Waals surface area (Å²) in [5.41, 5.74) is -2.24. The largest absolute Gasteiger partial charge is 0.458 e. The molecule has 4 aliphatic rings. The summed E-state index contributed by atoms with van der Waals surface area (Å²) >= 11 is 0. The van der Waals surface area contributed by atoms with Crippen molar-refractivity contribution in [3.05, 3.63) is 11.1 Å². The smallest absolute Gasteiger partial charge is 0.339 e. The fourth-order valence-electron chi connectivity index (χ4n) is 4.85. The number of carbonyl (C=O) groups excluding carboxylic acids is 2. The van der Waals surface area contributed by atoms with Crippen LogP contribution in [0.3, 0.4) is 0 Å². The van der Waals surface area contributed by atoms with Gasteiger partial charge in [0.15, 0.2) is 11.9 Å². The zero-order chi connectivity index (χ0) is 19.8. The molecule has 0 aromatic carbocycles. The van der Waals surface area contributed by atoms with E-state index in [1.54, 1.807) is 13.8 Å². The molecule has 3 saturated heterocycles. The highest BCUT2D eigenvalue weighted by atomic mass is 16.8. The van der Waals surface area contributed by atoms with Crippen LogP contribution < -0.4 is 0 Å². The van der Waals surface area contributed by atoms with Crippen molar-refractivity contribution >= 4 is 11.9 Å². The van der Waals surface area contributed by atoms with Gasteiger partial charge in [-0.1, -0.05) is 0 Å². The van der Waals surface area contributed by atoms with Gasteiger partial charge in [-0.25, -0.2) is 4.79 Å². The quantitative estimate of drug-likeness (QED) is 0.644. The van der Waals surface area contributed by atoms with Gasteiger partial charge in [0.25, 0.3) is 5.79 Å². The first-order valence-corrected chi connectivity index (χ1v) is 8.94. The lowest BCUT2D eigenvalue weighted by Gasteiger charge is -2.51. The molecule has 2 N–H and O–H groups in total. The molecule has 9 heteroatoms. The molecule has 0 radical (unpaired) electrons. The lowest BCUT2D eigenvalue weighted by Crippen LogP contribution is -2.66. The molecule has 0 saturated carbocycles. The maximum atomic E-state index is 12.6. The van der Waals surface area contributed by atoms with E-state index >= 15 is 0 Å². The van der Waals surface area contributed by atoms with Gasteiger partial charge in [0.05, 0.1) is 17.8 Å². The summed E-state index contributed by atoms with van der Waals surface area (Å²) in [5.74, 6) is -4.94. The Morgan fingerprint density at radius 3 is 2.63 bits per heavy atom. The van der Waals surface area contributed by atoms with E-state index in [1.807, 2.05) is 0 Å². The molecule has 6 atom stereocenters. The molecule has 4 heterocycles. The van der Waals surface area contributed by atoms with Crippen molar-refractivity contribution in [2.24, 2.45) is 0 Å². The van der Waals surface area contributed by atoms with Crippen LogP contribution in [0, 0.1) is 0 Å². The Bertz CT molecular complexity index is 747. The lowest BCUT2D eigenvalue weighted by atomic mass is 9.73. The van der Waals surface area contributed by atoms with Gasteiger partial charge in [0, 0.05) is 26.9 Å². The number of carbonyl (C=O) groups is 2. The Morgan fingerprint density at radius 2 is 2.00 bits per heavy atom. The van der Waals surface area contributed by atoms with E-state index < -0.39 is 46.9 Å². The SMILES string of the molecule is COCC1=C2[C@@H](OC(C)=O)C[C@@]3(C)O[C@@]2(OC1=O)[C@@H](O)[C@]1(C)CC[C@@]3(O)O1. The van der Waals surface area contributed by atoms with Crippen LogP contribution in [0.2, 0.25) is 0 Å². The first kappa shape index (κ1) is 18.8. The molecule has 27 heavy (non-hydrogen) atoms. The molecule has 0 aromatic heterocycles. The highest BCUT2D eigenvalue weighted by Gasteiger charge is 2.76. The number of hydrogen-bond donors (Lipinski definition) is 2. The van der Waals surface area contributed by atoms with E-state index in [9.17, 15) is 19.8 Å². The minimum Gasteiger partial charge on any atom is -0.458 e. The highest BCUT2D eigenvalue weighted by Crippen LogP contribution is 2.61. The topological polar surface area (TPSA) is 121 Å². The number of ether oxygens (including phenoxy) is 5. The van der Waals surface area contributed by atoms with Gasteiger partial charge in [0.1, 0.15) is 17.3 Å². The Balaban J connectivity index is 1.95. The number of aliphatic hydroxyl groups is 2. The molecule has 0 amide bonds. The van der Waals surface area contributed by atoms with E-state index in [0.717, 1.165) is 0 Å². The van der Waals surface area contributed by atoms with Crippen molar-refractivity contribution in [1.29, 1.82) is 0 Å². The molecule has 0 unspecified atom stereocenters. The molecule has 4 bridgehead atoms. The number of fused-ring (bicyclic) bond motifs is 4. The van der Waals surface area contributed by atoms with Gasteiger partial charge in [-0.3, -0.25) is 4.79 Å². The van der Waals surface area contributed by atoms with Crippen LogP contribution in [0.15, 0.2) is 11.1 Å². The molecule has 1 spiro atoms. The summed E-state index contributed by atoms with van der Waals surface area (Å²) in [6.45, 7) is 4.39. The molecule has 150 valence electrons. The Labute approximate surface area is 156 Å². The van der Waals surface area contributed by atoms with Crippen LogP contribution in [0.4, 0.5) is 0 Å². The molecule has 9 nitrogen and oxygen atoms in total. The number of hydrogen-bond acceptors (Lipinski definition) is 9. The molecule has 0 aliphatic carbocycles. The second-order valence-electron chi connectivity index (χ2n) is 8.12. The third-order valence-electron chi connectivity index (χ3n) is 6.19. The summed E-state index contributed by atoms with van der Waals surface area (Å²) < 4.78 is 28.2. The summed E-state index contributed by atoms with van der Waals surface area (Å²) in [4.78, 5) is 24.4. The molecule has 4 aliphatic heterocycles. The first-order chi connectivity index (χ1) is 12.5. The average molecular weight is 384 g/mol. The monoisotopic (exact) mass is 384 g/mol. The van der Waals surface area contributed by atoms with Gasteiger partial charge in [-0.15, -0.1) is 0 Å². The molecule has 3 fully saturated rings. The fraction of sp³-hybridized carbons (Fsp3) is 0.778. The van der Waals surface area contributed by atoms with E-state index in [-0.39, 0.29) is 30.6 Å². The van der Waals surface area contributed by atoms with Crippen LogP contribution >= 0.6 is 0 Å². The first-order valence-electron chi connectivity index (χ1n) is 8.94. The minimum absolute atomic E-state index is 0.0345. The standard InChI is InChI=1S/C18H24O9/c1-9(19)24-11-7-16(3)17(22)6-5-15(2,26-17)14(21)18(27-16)12(11)10(8-23-4)13(20)25-18/h11,14,21-22H,5-8H2,1-4H3/t11-,14-,15-,16+,17+,18+/m0/s1. The van der Waals surface area contributed by atoms with Gasteiger partial charge in [0.2, 0.25) is 0 Å². The zero-order valence-corrected chi connectivity index (χ0v) is 15.7. The second-order valence-corrected chi connectivity index (χ2v) is 8.12. The van der Waals surface area contributed by atoms with E-state index in [0.29, 0.717) is 6.42 Å². The Morgan fingerprint density at radius 1 is 1.30 bits per heavy atom. The fourth-order valence-corrected chi connectivity index (χ4v) is 4.85. The van der Waals surface area contributed by atoms with Gasteiger partial charge in [-0.05, 0) is 20.3 Å². The summed E-state index contributed by atoms with van der Waals surface area (Å²) in [6, 6.07) is 0. The highest BCUT2D eigenvalue weighted by molar-refractivity contribution is 5.94. The van der Waals surface area contributed by atoms with Crippen molar-refractivity contribution in [1.82, 2.24) is 0 Å². The summed E-state index contributed by atoms with van der Waals surface area (Å²) in [7, 11) is 1.42. The minimum atomic E-state index is -1.92. The van der Waals surface area contributed by atoms with Crippen LogP contribution in [0.5, 0.6) is 0 Å². The van der Waals surface area contributed by atoms with Gasteiger partial charge >= 0.3 is 11.9 Å². The zero-order valence-electron chi connectivity index (χ0n) is 15.7. The number of rotatable bonds is 3.